The molecule has 1 heterocycles. The lowest BCUT2D eigenvalue weighted by Crippen LogP contribution is -2.05. The van der Waals surface area contributed by atoms with Crippen molar-refractivity contribution in [1.29, 1.82) is 0 Å². The van der Waals surface area contributed by atoms with E-state index in [4.69, 9.17) is 11.6 Å². The Balaban J connectivity index is 3.15. The number of allylic oxidation sites excluding steroid dienone is 3. The third kappa shape index (κ3) is 2.77. The number of halogens is 1. The van der Waals surface area contributed by atoms with E-state index in [1.54, 1.807) is 0 Å². The van der Waals surface area contributed by atoms with Gasteiger partial charge in [-0.1, -0.05) is 18.2 Å². The molecule has 0 aliphatic carbocycles. The highest BCUT2D eigenvalue weighted by atomic mass is 35.5. The second kappa shape index (κ2) is 4.71. The van der Waals surface area contributed by atoms with Gasteiger partial charge in [-0.25, -0.2) is 4.79 Å². The predicted octanol–water partition coefficient (Wildman–Crippen LogP) is 1.30. The van der Waals surface area contributed by atoms with E-state index in [2.05, 4.69) is 11.3 Å². The zero-order valence-electron chi connectivity index (χ0n) is 7.94. The molecule has 0 aromatic rings. The van der Waals surface area contributed by atoms with Crippen molar-refractivity contribution >= 4 is 23.5 Å². The monoisotopic (exact) mass is 243 g/mol. The van der Waals surface area contributed by atoms with Crippen LogP contribution >= 0.6 is 11.6 Å². The zero-order valence-corrected chi connectivity index (χ0v) is 8.69. The molecule has 0 spiro atoms. The van der Waals surface area contributed by atoms with Gasteiger partial charge in [-0.05, 0) is 6.08 Å². The molecule has 84 valence electrons. The highest BCUT2D eigenvalue weighted by molar-refractivity contribution is 6.30. The first-order chi connectivity index (χ1) is 7.41. The molecule has 1 rings (SSSR count). The van der Waals surface area contributed by atoms with Gasteiger partial charge < -0.3 is 4.74 Å². The summed E-state index contributed by atoms with van der Waals surface area (Å²) in [5, 5.41) is 10.7. The maximum Gasteiger partial charge on any atom is 0.349 e. The average Bonchev–Trinajstić information content (AvgIpc) is 2.45. The van der Waals surface area contributed by atoms with E-state index in [0.29, 0.717) is 0 Å². The topological polar surface area (TPSA) is 86.5 Å². The van der Waals surface area contributed by atoms with E-state index >= 15 is 0 Å². The van der Waals surface area contributed by atoms with Crippen LogP contribution in [0.25, 0.3) is 0 Å². The molecular formula is C9H6ClNO5. The second-order valence-corrected chi connectivity index (χ2v) is 3.32. The van der Waals surface area contributed by atoms with Gasteiger partial charge in [-0.15, -0.1) is 0 Å². The van der Waals surface area contributed by atoms with Crippen LogP contribution in [0.1, 0.15) is 6.42 Å². The van der Waals surface area contributed by atoms with Crippen LogP contribution in [0.3, 0.4) is 0 Å². The van der Waals surface area contributed by atoms with Crippen molar-refractivity contribution in [2.24, 2.45) is 0 Å². The Bertz CT molecular complexity index is 449. The first-order valence-electron chi connectivity index (χ1n) is 4.07. The summed E-state index contributed by atoms with van der Waals surface area (Å²) in [6, 6.07) is 0. The Kier molecular flexibility index (Phi) is 3.57. The van der Waals surface area contributed by atoms with Crippen molar-refractivity contribution < 1.29 is 19.2 Å². The Hall–Kier alpha value is -1.95. The zero-order chi connectivity index (χ0) is 12.3. The van der Waals surface area contributed by atoms with Gasteiger partial charge in [-0.3, -0.25) is 14.9 Å². The minimum Gasteiger partial charge on any atom is -0.389 e. The summed E-state index contributed by atoms with van der Waals surface area (Å²) in [4.78, 5) is 31.7. The van der Waals surface area contributed by atoms with Crippen LogP contribution in [-0.2, 0) is 14.3 Å². The smallest absolute Gasteiger partial charge is 0.349 e. The Morgan fingerprint density at radius 1 is 1.50 bits per heavy atom. The second-order valence-electron chi connectivity index (χ2n) is 2.84. The van der Waals surface area contributed by atoms with Crippen LogP contribution in [-0.4, -0.2) is 16.9 Å². The number of carbonyl (C=O) groups is 2. The van der Waals surface area contributed by atoms with Gasteiger partial charge in [0.25, 0.3) is 5.70 Å². The van der Waals surface area contributed by atoms with Crippen LogP contribution in [0.4, 0.5) is 0 Å². The molecule has 0 atom stereocenters. The Morgan fingerprint density at radius 2 is 2.12 bits per heavy atom. The van der Waals surface area contributed by atoms with Gasteiger partial charge in [0.05, 0.1) is 11.3 Å². The summed E-state index contributed by atoms with van der Waals surface area (Å²) < 4.78 is 4.18. The summed E-state index contributed by atoms with van der Waals surface area (Å²) in [5.41, 5.74) is -0.804. The number of hydrogen-bond donors (Lipinski definition) is 0. The van der Waals surface area contributed by atoms with Crippen molar-refractivity contribution in [3.63, 3.8) is 0 Å². The quantitative estimate of drug-likeness (QED) is 0.186. The molecule has 0 amide bonds. The maximum atomic E-state index is 11.1. The molecule has 16 heavy (non-hydrogen) atoms. The van der Waals surface area contributed by atoms with Crippen LogP contribution < -0.4 is 0 Å². The molecule has 0 bridgehead atoms. The molecule has 0 radical (unpaired) electrons. The lowest BCUT2D eigenvalue weighted by atomic mass is 10.1. The lowest BCUT2D eigenvalue weighted by Gasteiger charge is -1.93. The van der Waals surface area contributed by atoms with Gasteiger partial charge in [-0.2, -0.15) is 0 Å². The number of rotatable bonds is 3. The van der Waals surface area contributed by atoms with Gasteiger partial charge in [0.2, 0.25) is 0 Å². The third-order valence-corrected chi connectivity index (χ3v) is 1.83. The van der Waals surface area contributed by atoms with Gasteiger partial charge in [0, 0.05) is 11.1 Å². The highest BCUT2D eigenvalue weighted by Gasteiger charge is 2.34. The van der Waals surface area contributed by atoms with Crippen LogP contribution in [0, 0.1) is 10.1 Å². The molecule has 0 unspecified atom stereocenters. The molecular weight excluding hydrogens is 238 g/mol. The van der Waals surface area contributed by atoms with E-state index in [1.165, 1.54) is 0 Å². The van der Waals surface area contributed by atoms with Crippen molar-refractivity contribution in [2.75, 3.05) is 0 Å². The van der Waals surface area contributed by atoms with Crippen molar-refractivity contribution in [3.05, 3.63) is 45.1 Å². The number of carbonyl (C=O) groups excluding carboxylic acids is 2. The number of ether oxygens (including phenoxy) is 1. The molecule has 0 aromatic carbocycles. The highest BCUT2D eigenvalue weighted by Crippen LogP contribution is 2.20. The summed E-state index contributed by atoms with van der Waals surface area (Å²) >= 11 is 5.39. The molecule has 1 fully saturated rings. The molecule has 0 N–H and O–H groups in total. The molecule has 0 saturated carbocycles. The van der Waals surface area contributed by atoms with Crippen molar-refractivity contribution in [1.82, 2.24) is 0 Å². The van der Waals surface area contributed by atoms with Crippen LogP contribution in [0.15, 0.2) is 35.0 Å². The standard InChI is InChI=1S/C9H6ClNO5/c1-5(10)2-3-7(11(14)15)6-4-8(12)16-9(6)13/h2-3H,1,4H2/b3-2-,7-6-. The molecule has 1 aliphatic rings. The van der Waals surface area contributed by atoms with E-state index < -0.39 is 29.0 Å². The van der Waals surface area contributed by atoms with Crippen LogP contribution in [0.2, 0.25) is 0 Å². The minimum absolute atomic E-state index is 0.0673. The summed E-state index contributed by atoms with van der Waals surface area (Å²) in [5.74, 6) is -1.81. The Labute approximate surface area is 95.0 Å². The minimum atomic E-state index is -0.999. The number of hydrogen-bond acceptors (Lipinski definition) is 5. The molecule has 1 saturated heterocycles. The maximum absolute atomic E-state index is 11.1. The largest absolute Gasteiger partial charge is 0.389 e. The van der Waals surface area contributed by atoms with Gasteiger partial charge >= 0.3 is 11.9 Å². The number of esters is 2. The molecule has 6 nitrogen and oxygen atoms in total. The fourth-order valence-electron chi connectivity index (χ4n) is 1.05. The number of cyclic esters (lactones) is 2. The summed E-state index contributed by atoms with van der Waals surface area (Å²) in [6.07, 6.45) is 1.75. The Morgan fingerprint density at radius 3 is 2.50 bits per heavy atom. The SMILES string of the molecule is C=C(Cl)/C=C\C(=C1/CC(=O)OC1=O)[N+](=O)[O-]. The number of nitro groups is 1. The molecule has 7 heteroatoms. The van der Waals surface area contributed by atoms with E-state index in [-0.39, 0.29) is 10.6 Å². The van der Waals surface area contributed by atoms with Crippen LogP contribution in [0.5, 0.6) is 0 Å². The molecule has 1 aliphatic heterocycles. The first-order valence-corrected chi connectivity index (χ1v) is 4.44. The lowest BCUT2D eigenvalue weighted by molar-refractivity contribution is -0.420. The summed E-state index contributed by atoms with van der Waals surface area (Å²) in [7, 11) is 0. The average molecular weight is 244 g/mol. The number of nitrogens with zero attached hydrogens (tertiary/aromatic N) is 1. The summed E-state index contributed by atoms with van der Waals surface area (Å²) in [6.45, 7) is 3.30. The predicted molar refractivity (Wildman–Crippen MR) is 53.9 cm³/mol. The van der Waals surface area contributed by atoms with E-state index in [1.807, 2.05) is 0 Å². The van der Waals surface area contributed by atoms with Crippen molar-refractivity contribution in [2.45, 2.75) is 6.42 Å². The fraction of sp³-hybridized carbons (Fsp3) is 0.111. The third-order valence-electron chi connectivity index (χ3n) is 1.70. The van der Waals surface area contributed by atoms with Gasteiger partial charge in [0.15, 0.2) is 0 Å². The van der Waals surface area contributed by atoms with Gasteiger partial charge in [0.1, 0.15) is 5.57 Å². The van der Waals surface area contributed by atoms with E-state index in [0.717, 1.165) is 12.2 Å². The normalized spacial score (nSPS) is 18.8. The van der Waals surface area contributed by atoms with E-state index in [9.17, 15) is 19.7 Å². The van der Waals surface area contributed by atoms with Crippen molar-refractivity contribution in [3.8, 4) is 0 Å². The fourth-order valence-corrected chi connectivity index (χ4v) is 1.12. The first kappa shape index (κ1) is 12.1. The molecule has 0 aromatic heterocycles.